The van der Waals surface area contributed by atoms with Crippen LogP contribution in [0.3, 0.4) is 0 Å². The summed E-state index contributed by atoms with van der Waals surface area (Å²) in [5.74, 6) is 0. The highest BCUT2D eigenvalue weighted by Gasteiger charge is 2.21. The number of nitro groups is 1. The van der Waals surface area contributed by atoms with Crippen LogP contribution in [0.2, 0.25) is 0 Å². The van der Waals surface area contributed by atoms with E-state index in [2.05, 4.69) is 27.0 Å². The van der Waals surface area contributed by atoms with E-state index < -0.39 is 0 Å². The number of benzene rings is 3. The van der Waals surface area contributed by atoms with Crippen LogP contribution >= 0.6 is 15.9 Å². The van der Waals surface area contributed by atoms with Gasteiger partial charge in [-0.3, -0.25) is 15.1 Å². The Hall–Kier alpha value is -2.79. The molecule has 0 saturated heterocycles. The summed E-state index contributed by atoms with van der Waals surface area (Å²) < 4.78 is 1.04. The summed E-state index contributed by atoms with van der Waals surface area (Å²) in [6.07, 6.45) is 2.54. The smallest absolute Gasteiger partial charge is 0.258 e. The monoisotopic (exact) mass is 392 g/mol. The molecule has 0 spiro atoms. The van der Waals surface area contributed by atoms with E-state index in [-0.39, 0.29) is 10.6 Å². The molecule has 4 nitrogen and oxygen atoms in total. The first-order valence-electron chi connectivity index (χ1n) is 7.80. The topological polar surface area (TPSA) is 55.5 Å². The average molecular weight is 393 g/mol. The molecule has 0 N–H and O–H groups in total. The number of nitrogens with zero attached hydrogens (tertiary/aromatic N) is 2. The fraction of sp³-hybridized carbons (Fsp3) is 0.0500. The molecule has 0 unspecified atom stereocenters. The van der Waals surface area contributed by atoms with Crippen molar-refractivity contribution in [3.05, 3.63) is 91.9 Å². The minimum atomic E-state index is -0.350. The molecular weight excluding hydrogens is 380 g/mol. The third-order valence-electron chi connectivity index (χ3n) is 4.29. The first kappa shape index (κ1) is 15.7. The zero-order valence-electron chi connectivity index (χ0n) is 13.1. The Morgan fingerprint density at radius 1 is 0.960 bits per heavy atom. The van der Waals surface area contributed by atoms with E-state index in [0.717, 1.165) is 38.0 Å². The molecule has 0 heterocycles. The van der Waals surface area contributed by atoms with Crippen molar-refractivity contribution in [2.75, 3.05) is 0 Å². The van der Waals surface area contributed by atoms with Crippen molar-refractivity contribution < 1.29 is 4.92 Å². The van der Waals surface area contributed by atoms with Crippen LogP contribution in [-0.2, 0) is 6.42 Å². The summed E-state index contributed by atoms with van der Waals surface area (Å²) in [7, 11) is 0. The van der Waals surface area contributed by atoms with E-state index in [0.29, 0.717) is 6.42 Å². The lowest BCUT2D eigenvalue weighted by Crippen LogP contribution is -1.89. The van der Waals surface area contributed by atoms with Crippen molar-refractivity contribution in [1.29, 1.82) is 0 Å². The van der Waals surface area contributed by atoms with E-state index >= 15 is 0 Å². The van der Waals surface area contributed by atoms with Gasteiger partial charge in [0.15, 0.2) is 0 Å². The Kier molecular flexibility index (Phi) is 3.93. The molecule has 1 aliphatic rings. The molecule has 5 heteroatoms. The maximum absolute atomic E-state index is 11.0. The normalized spacial score (nSPS) is 12.2. The molecule has 122 valence electrons. The quantitative estimate of drug-likeness (QED) is 0.256. The van der Waals surface area contributed by atoms with Crippen LogP contribution in [-0.4, -0.2) is 11.1 Å². The van der Waals surface area contributed by atoms with Gasteiger partial charge in [0, 0.05) is 22.8 Å². The highest BCUT2D eigenvalue weighted by molar-refractivity contribution is 9.10. The largest absolute Gasteiger partial charge is 0.269 e. The molecule has 0 atom stereocenters. The molecular formula is C20H13BrN2O2. The van der Waals surface area contributed by atoms with Gasteiger partial charge in [-0.25, -0.2) is 0 Å². The van der Waals surface area contributed by atoms with Gasteiger partial charge in [0.2, 0.25) is 0 Å². The Labute approximate surface area is 153 Å². The molecule has 0 bridgehead atoms. The fourth-order valence-electron chi connectivity index (χ4n) is 3.08. The molecule has 0 aromatic heterocycles. The highest BCUT2D eigenvalue weighted by atomic mass is 79.9. The Balaban J connectivity index is 1.62. The lowest BCUT2D eigenvalue weighted by atomic mass is 10.1. The summed E-state index contributed by atoms with van der Waals surface area (Å²) in [4.78, 5) is 15.1. The molecule has 4 rings (SSSR count). The van der Waals surface area contributed by atoms with Gasteiger partial charge in [-0.05, 0) is 64.6 Å². The van der Waals surface area contributed by atoms with E-state index in [9.17, 15) is 10.1 Å². The first-order chi connectivity index (χ1) is 12.1. The van der Waals surface area contributed by atoms with Crippen LogP contribution < -0.4 is 0 Å². The van der Waals surface area contributed by atoms with Gasteiger partial charge in [0.1, 0.15) is 0 Å². The summed E-state index contributed by atoms with van der Waals surface area (Å²) in [6.45, 7) is 0. The van der Waals surface area contributed by atoms with Gasteiger partial charge < -0.3 is 0 Å². The van der Waals surface area contributed by atoms with Crippen molar-refractivity contribution >= 4 is 33.5 Å². The van der Waals surface area contributed by atoms with Gasteiger partial charge >= 0.3 is 0 Å². The van der Waals surface area contributed by atoms with Crippen molar-refractivity contribution in [3.8, 4) is 11.1 Å². The maximum Gasteiger partial charge on any atom is 0.269 e. The lowest BCUT2D eigenvalue weighted by Gasteiger charge is -2.02. The Morgan fingerprint density at radius 2 is 1.64 bits per heavy atom. The van der Waals surface area contributed by atoms with Crippen molar-refractivity contribution in [1.82, 2.24) is 0 Å². The second kappa shape index (κ2) is 6.26. The predicted molar refractivity (Wildman–Crippen MR) is 103 cm³/mol. The van der Waals surface area contributed by atoms with Gasteiger partial charge in [-0.1, -0.05) is 34.1 Å². The minimum absolute atomic E-state index is 0.139. The van der Waals surface area contributed by atoms with Crippen molar-refractivity contribution in [2.45, 2.75) is 6.42 Å². The van der Waals surface area contributed by atoms with Crippen molar-refractivity contribution in [2.24, 2.45) is 4.99 Å². The van der Waals surface area contributed by atoms with Gasteiger partial charge in [0.05, 0.1) is 10.6 Å². The number of rotatable bonds is 3. The lowest BCUT2D eigenvalue weighted by molar-refractivity contribution is -0.384. The molecule has 0 aliphatic heterocycles. The molecule has 3 aromatic rings. The number of nitro benzene ring substituents is 1. The number of non-ortho nitro benzene ring substituents is 1. The number of hydrogen-bond donors (Lipinski definition) is 0. The van der Waals surface area contributed by atoms with E-state index in [1.807, 2.05) is 48.7 Å². The van der Waals surface area contributed by atoms with Crippen LogP contribution in [0.5, 0.6) is 0 Å². The van der Waals surface area contributed by atoms with Crippen LogP contribution in [0.15, 0.2) is 70.1 Å². The molecule has 1 aliphatic carbocycles. The number of halogens is 1. The first-order valence-corrected chi connectivity index (χ1v) is 8.60. The molecule has 0 fully saturated rings. The SMILES string of the molecule is O=[N+]([O-])c1ccc2c(c1)Cc1cc(/N=C/c3ccc(Br)cc3)ccc1-2. The third kappa shape index (κ3) is 3.10. The summed E-state index contributed by atoms with van der Waals surface area (Å²) in [5, 5.41) is 11.0. The standard InChI is InChI=1S/C20H13BrN2O2/c21-16-3-1-13(2-4-16)12-22-17-5-7-19-14(10-17)9-15-11-18(23(24)25)6-8-20(15)19/h1-8,10-12H,9H2/b22-12+. The fourth-order valence-corrected chi connectivity index (χ4v) is 3.34. The third-order valence-corrected chi connectivity index (χ3v) is 4.82. The summed E-state index contributed by atoms with van der Waals surface area (Å²) in [5.41, 5.74) is 6.40. The van der Waals surface area contributed by atoms with Gasteiger partial charge in [0.25, 0.3) is 5.69 Å². The number of fused-ring (bicyclic) bond motifs is 3. The summed E-state index contributed by atoms with van der Waals surface area (Å²) >= 11 is 3.42. The maximum atomic E-state index is 11.0. The van der Waals surface area contributed by atoms with E-state index in [4.69, 9.17) is 0 Å². The van der Waals surface area contributed by atoms with Gasteiger partial charge in [-0.2, -0.15) is 0 Å². The molecule has 0 amide bonds. The zero-order valence-corrected chi connectivity index (χ0v) is 14.7. The van der Waals surface area contributed by atoms with Crippen molar-refractivity contribution in [3.63, 3.8) is 0 Å². The van der Waals surface area contributed by atoms with Crippen LogP contribution in [0.25, 0.3) is 11.1 Å². The minimum Gasteiger partial charge on any atom is -0.258 e. The Bertz CT molecular complexity index is 1010. The second-order valence-electron chi connectivity index (χ2n) is 5.93. The zero-order chi connectivity index (χ0) is 17.4. The van der Waals surface area contributed by atoms with E-state index in [1.165, 1.54) is 0 Å². The summed E-state index contributed by atoms with van der Waals surface area (Å²) in [6, 6.07) is 19.1. The van der Waals surface area contributed by atoms with Crippen LogP contribution in [0.1, 0.15) is 16.7 Å². The molecule has 0 radical (unpaired) electrons. The van der Waals surface area contributed by atoms with Gasteiger partial charge in [-0.15, -0.1) is 0 Å². The molecule has 3 aromatic carbocycles. The molecule has 25 heavy (non-hydrogen) atoms. The number of aliphatic imine (C=N–C) groups is 1. The number of hydrogen-bond acceptors (Lipinski definition) is 3. The average Bonchev–Trinajstić information content (AvgIpc) is 2.98. The highest BCUT2D eigenvalue weighted by Crippen LogP contribution is 2.39. The second-order valence-corrected chi connectivity index (χ2v) is 6.84. The van der Waals surface area contributed by atoms with E-state index in [1.54, 1.807) is 12.1 Å². The molecule has 0 saturated carbocycles. The van der Waals surface area contributed by atoms with Crippen LogP contribution in [0.4, 0.5) is 11.4 Å². The Morgan fingerprint density at radius 3 is 2.36 bits per heavy atom. The predicted octanol–water partition coefficient (Wildman–Crippen LogP) is 5.68. The van der Waals surface area contributed by atoms with Crippen LogP contribution in [0, 0.1) is 10.1 Å².